The summed E-state index contributed by atoms with van der Waals surface area (Å²) in [4.78, 5) is 24.4. The highest BCUT2D eigenvalue weighted by atomic mass is 16.2. The third kappa shape index (κ3) is 3.40. The second kappa shape index (κ2) is 7.31. The molecule has 0 atom stereocenters. The van der Waals surface area contributed by atoms with Gasteiger partial charge < -0.3 is 10.2 Å². The molecule has 1 aliphatic rings. The molecule has 4 aromatic rings. The van der Waals surface area contributed by atoms with Gasteiger partial charge in [-0.1, -0.05) is 35.5 Å². The Bertz CT molecular complexity index is 1170. The summed E-state index contributed by atoms with van der Waals surface area (Å²) >= 11 is 0. The summed E-state index contributed by atoms with van der Waals surface area (Å²) in [6.45, 7) is 1.81. The van der Waals surface area contributed by atoms with Gasteiger partial charge in [0.2, 0.25) is 0 Å². The lowest BCUT2D eigenvalue weighted by atomic mass is 10.3. The normalized spacial score (nSPS) is 13.7. The first-order valence-corrected chi connectivity index (χ1v) is 9.59. The smallest absolute Gasteiger partial charge is 0.279 e. The van der Waals surface area contributed by atoms with Crippen LogP contribution < -0.4 is 10.2 Å². The lowest BCUT2D eigenvalue weighted by Gasteiger charge is -2.19. The van der Waals surface area contributed by atoms with E-state index in [-0.39, 0.29) is 11.6 Å². The van der Waals surface area contributed by atoms with Crippen LogP contribution in [0.15, 0.2) is 60.8 Å². The summed E-state index contributed by atoms with van der Waals surface area (Å²) in [5.41, 5.74) is 2.60. The Kier molecular flexibility index (Phi) is 4.36. The highest BCUT2D eigenvalue weighted by Crippen LogP contribution is 2.28. The van der Waals surface area contributed by atoms with E-state index in [2.05, 4.69) is 25.5 Å². The van der Waals surface area contributed by atoms with Crippen LogP contribution in [0.3, 0.4) is 0 Å². The Balaban J connectivity index is 1.47. The molecule has 1 N–H and O–H groups in total. The maximum Gasteiger partial charge on any atom is 0.279 e. The molecule has 0 spiro atoms. The Labute approximate surface area is 167 Å². The number of fused-ring (bicyclic) bond motifs is 1. The molecule has 1 amide bonds. The Morgan fingerprint density at radius 1 is 0.897 bits per heavy atom. The van der Waals surface area contributed by atoms with E-state index in [0.717, 1.165) is 42.7 Å². The number of anilines is 2. The standard InChI is InChI=1S/C21H19N7O/c29-21(18-14-28(26-25-18)15-8-2-1-3-9-15)24-19-20(27-12-6-7-13-27)23-17-11-5-4-10-16(17)22-19/h1-5,8-11,14H,6-7,12-13H2,(H,22,24,29). The number of aromatic nitrogens is 5. The monoisotopic (exact) mass is 385 g/mol. The number of nitrogens with zero attached hydrogens (tertiary/aromatic N) is 6. The second-order valence-electron chi connectivity index (χ2n) is 6.92. The molecule has 8 heteroatoms. The summed E-state index contributed by atoms with van der Waals surface area (Å²) < 4.78 is 1.57. The van der Waals surface area contributed by atoms with Crippen molar-refractivity contribution in [1.29, 1.82) is 0 Å². The van der Waals surface area contributed by atoms with Crippen molar-refractivity contribution in [3.8, 4) is 5.69 Å². The highest BCUT2D eigenvalue weighted by molar-refractivity contribution is 6.04. The zero-order valence-corrected chi connectivity index (χ0v) is 15.7. The van der Waals surface area contributed by atoms with Gasteiger partial charge in [0.05, 0.1) is 22.9 Å². The van der Waals surface area contributed by atoms with Crippen LogP contribution in [0.5, 0.6) is 0 Å². The topological polar surface area (TPSA) is 88.8 Å². The third-order valence-electron chi connectivity index (χ3n) is 4.94. The van der Waals surface area contributed by atoms with Crippen LogP contribution in [0.1, 0.15) is 23.3 Å². The first-order chi connectivity index (χ1) is 14.3. The van der Waals surface area contributed by atoms with Gasteiger partial charge >= 0.3 is 0 Å². The molecule has 1 fully saturated rings. The summed E-state index contributed by atoms with van der Waals surface area (Å²) in [7, 11) is 0. The maximum absolute atomic E-state index is 12.8. The van der Waals surface area contributed by atoms with E-state index >= 15 is 0 Å². The third-order valence-corrected chi connectivity index (χ3v) is 4.94. The fourth-order valence-electron chi connectivity index (χ4n) is 3.47. The van der Waals surface area contributed by atoms with Gasteiger partial charge in [0, 0.05) is 13.1 Å². The number of benzene rings is 2. The van der Waals surface area contributed by atoms with Crippen molar-refractivity contribution in [1.82, 2.24) is 25.0 Å². The lowest BCUT2D eigenvalue weighted by molar-refractivity contribution is 0.102. The largest absolute Gasteiger partial charge is 0.354 e. The number of carbonyl (C=O) groups excluding carboxylic acids is 1. The number of amides is 1. The Morgan fingerprint density at radius 3 is 2.34 bits per heavy atom. The number of nitrogens with one attached hydrogen (secondary N) is 1. The highest BCUT2D eigenvalue weighted by Gasteiger charge is 2.22. The van der Waals surface area contributed by atoms with Crippen molar-refractivity contribution in [2.75, 3.05) is 23.3 Å². The zero-order valence-electron chi connectivity index (χ0n) is 15.7. The first kappa shape index (κ1) is 17.3. The van der Waals surface area contributed by atoms with E-state index in [1.807, 2.05) is 54.6 Å². The lowest BCUT2D eigenvalue weighted by Crippen LogP contribution is -2.23. The van der Waals surface area contributed by atoms with E-state index in [1.165, 1.54) is 0 Å². The fourth-order valence-corrected chi connectivity index (χ4v) is 3.47. The van der Waals surface area contributed by atoms with Gasteiger partial charge in [0.1, 0.15) is 0 Å². The molecule has 144 valence electrons. The van der Waals surface area contributed by atoms with Crippen LogP contribution in [-0.2, 0) is 0 Å². The molecule has 2 aromatic carbocycles. The van der Waals surface area contributed by atoms with Crippen molar-refractivity contribution >= 4 is 28.6 Å². The molecular weight excluding hydrogens is 366 g/mol. The number of rotatable bonds is 4. The minimum atomic E-state index is -0.364. The fraction of sp³-hybridized carbons (Fsp3) is 0.190. The zero-order chi connectivity index (χ0) is 19.6. The van der Waals surface area contributed by atoms with Gasteiger partial charge in [0.15, 0.2) is 17.3 Å². The quantitative estimate of drug-likeness (QED) is 0.581. The van der Waals surface area contributed by atoms with E-state index in [0.29, 0.717) is 11.6 Å². The molecule has 8 nitrogen and oxygen atoms in total. The van der Waals surface area contributed by atoms with Crippen molar-refractivity contribution in [2.24, 2.45) is 0 Å². The van der Waals surface area contributed by atoms with Gasteiger partial charge in [-0.15, -0.1) is 5.10 Å². The number of hydrogen-bond acceptors (Lipinski definition) is 6. The molecule has 5 rings (SSSR count). The maximum atomic E-state index is 12.8. The van der Waals surface area contributed by atoms with Crippen LogP contribution in [0, 0.1) is 0 Å². The Hall–Kier alpha value is -3.81. The molecule has 29 heavy (non-hydrogen) atoms. The predicted molar refractivity (Wildman–Crippen MR) is 110 cm³/mol. The van der Waals surface area contributed by atoms with E-state index in [4.69, 9.17) is 4.98 Å². The number of hydrogen-bond donors (Lipinski definition) is 1. The first-order valence-electron chi connectivity index (χ1n) is 9.59. The molecule has 1 aliphatic heterocycles. The average Bonchev–Trinajstić information content (AvgIpc) is 3.46. The minimum absolute atomic E-state index is 0.219. The molecule has 3 heterocycles. The number of para-hydroxylation sites is 3. The van der Waals surface area contributed by atoms with Gasteiger partial charge in [-0.05, 0) is 37.1 Å². The van der Waals surface area contributed by atoms with Gasteiger partial charge in [-0.3, -0.25) is 4.79 Å². The van der Waals surface area contributed by atoms with Crippen LogP contribution in [-0.4, -0.2) is 44.0 Å². The van der Waals surface area contributed by atoms with Crippen LogP contribution >= 0.6 is 0 Å². The average molecular weight is 385 g/mol. The molecule has 0 aliphatic carbocycles. The molecular formula is C21H19N7O. The van der Waals surface area contributed by atoms with Crippen LogP contribution in [0.2, 0.25) is 0 Å². The van der Waals surface area contributed by atoms with Gasteiger partial charge in [0.25, 0.3) is 5.91 Å². The van der Waals surface area contributed by atoms with Crippen LogP contribution in [0.4, 0.5) is 11.6 Å². The van der Waals surface area contributed by atoms with E-state index in [1.54, 1.807) is 10.9 Å². The van der Waals surface area contributed by atoms with Crippen LogP contribution in [0.25, 0.3) is 16.7 Å². The SMILES string of the molecule is O=C(Nc1nc2ccccc2nc1N1CCCC1)c1cn(-c2ccccc2)nn1. The molecule has 0 radical (unpaired) electrons. The molecule has 1 saturated heterocycles. The summed E-state index contributed by atoms with van der Waals surface area (Å²) in [6.07, 6.45) is 3.81. The predicted octanol–water partition coefficient (Wildman–Crippen LogP) is 3.06. The Morgan fingerprint density at radius 2 is 1.59 bits per heavy atom. The summed E-state index contributed by atoms with van der Waals surface area (Å²) in [5, 5.41) is 11.0. The van der Waals surface area contributed by atoms with E-state index < -0.39 is 0 Å². The summed E-state index contributed by atoms with van der Waals surface area (Å²) in [5.74, 6) is 0.784. The molecule has 0 bridgehead atoms. The van der Waals surface area contributed by atoms with Gasteiger partial charge in [-0.2, -0.15) is 0 Å². The van der Waals surface area contributed by atoms with Crippen molar-refractivity contribution in [3.63, 3.8) is 0 Å². The van der Waals surface area contributed by atoms with Gasteiger partial charge in [-0.25, -0.2) is 14.6 Å². The van der Waals surface area contributed by atoms with Crippen molar-refractivity contribution in [3.05, 3.63) is 66.5 Å². The molecule has 0 unspecified atom stereocenters. The molecule has 2 aromatic heterocycles. The summed E-state index contributed by atoms with van der Waals surface area (Å²) in [6, 6.07) is 17.2. The molecule has 0 saturated carbocycles. The second-order valence-corrected chi connectivity index (χ2v) is 6.92. The van der Waals surface area contributed by atoms with Crippen molar-refractivity contribution in [2.45, 2.75) is 12.8 Å². The van der Waals surface area contributed by atoms with E-state index in [9.17, 15) is 4.79 Å². The number of carbonyl (C=O) groups is 1. The van der Waals surface area contributed by atoms with Crippen molar-refractivity contribution < 1.29 is 4.79 Å². The minimum Gasteiger partial charge on any atom is -0.354 e.